The van der Waals surface area contributed by atoms with Crippen molar-refractivity contribution >= 4 is 5.91 Å². The summed E-state index contributed by atoms with van der Waals surface area (Å²) in [6, 6.07) is 13.8. The van der Waals surface area contributed by atoms with E-state index in [1.807, 2.05) is 0 Å². The zero-order valence-electron chi connectivity index (χ0n) is 16.7. The second kappa shape index (κ2) is 9.57. The Hall–Kier alpha value is -2.57. The van der Waals surface area contributed by atoms with Crippen LogP contribution in [0.25, 0.3) is 0 Å². The summed E-state index contributed by atoms with van der Waals surface area (Å²) in [6.07, 6.45) is 0. The highest BCUT2D eigenvalue weighted by atomic mass is 16.5. The van der Waals surface area contributed by atoms with Crippen LogP contribution in [-0.4, -0.2) is 57.9 Å². The van der Waals surface area contributed by atoms with Gasteiger partial charge >= 0.3 is 0 Å². The Labute approximate surface area is 166 Å². The molecule has 1 atom stereocenters. The van der Waals surface area contributed by atoms with Gasteiger partial charge in [0.2, 0.25) is 0 Å². The van der Waals surface area contributed by atoms with Crippen LogP contribution in [0.15, 0.2) is 42.5 Å². The molecule has 2 aromatic carbocycles. The summed E-state index contributed by atoms with van der Waals surface area (Å²) in [5.41, 5.74) is 2.81. The van der Waals surface area contributed by atoms with E-state index in [0.717, 1.165) is 13.1 Å². The van der Waals surface area contributed by atoms with Gasteiger partial charge in [-0.1, -0.05) is 35.9 Å². The third-order valence-electron chi connectivity index (χ3n) is 5.02. The molecule has 28 heavy (non-hydrogen) atoms. The van der Waals surface area contributed by atoms with Gasteiger partial charge in [0.05, 0.1) is 33.5 Å². The van der Waals surface area contributed by atoms with E-state index in [1.54, 1.807) is 32.4 Å². The number of benzene rings is 2. The van der Waals surface area contributed by atoms with Crippen LogP contribution >= 0.6 is 0 Å². The van der Waals surface area contributed by atoms with Crippen LogP contribution in [0.4, 0.5) is 0 Å². The predicted octanol–water partition coefficient (Wildman–Crippen LogP) is 2.82. The van der Waals surface area contributed by atoms with Gasteiger partial charge in [0.25, 0.3) is 5.91 Å². The van der Waals surface area contributed by atoms with E-state index in [0.29, 0.717) is 36.8 Å². The van der Waals surface area contributed by atoms with E-state index < -0.39 is 0 Å². The first-order valence-electron chi connectivity index (χ1n) is 9.51. The quantitative estimate of drug-likeness (QED) is 0.795. The van der Waals surface area contributed by atoms with Gasteiger partial charge in [-0.3, -0.25) is 9.69 Å². The van der Waals surface area contributed by atoms with Crippen molar-refractivity contribution in [2.45, 2.75) is 13.0 Å². The van der Waals surface area contributed by atoms with Gasteiger partial charge in [-0.2, -0.15) is 0 Å². The van der Waals surface area contributed by atoms with Crippen LogP contribution in [0, 0.1) is 6.92 Å². The summed E-state index contributed by atoms with van der Waals surface area (Å²) in [6.45, 7) is 5.66. The third kappa shape index (κ3) is 4.64. The first-order chi connectivity index (χ1) is 13.6. The molecule has 0 aromatic heterocycles. The number of carbonyl (C=O) groups is 1. The average Bonchev–Trinajstić information content (AvgIpc) is 2.74. The molecular formula is C22H28N2O4. The molecule has 1 saturated heterocycles. The standard InChI is InChI=1S/C22H28N2O4/c1-16-6-4-7-17(14-16)18(24-10-12-28-13-11-24)15-23-22(25)21-19(26-2)8-5-9-20(21)27-3/h4-9,14,18H,10-13,15H2,1-3H3,(H,23,25). The van der Waals surface area contributed by atoms with Crippen molar-refractivity contribution in [2.75, 3.05) is 47.1 Å². The minimum atomic E-state index is -0.208. The third-order valence-corrected chi connectivity index (χ3v) is 5.02. The highest BCUT2D eigenvalue weighted by molar-refractivity contribution is 5.99. The number of nitrogens with one attached hydrogen (secondary N) is 1. The molecule has 3 rings (SSSR count). The maximum atomic E-state index is 13.0. The number of morpholine rings is 1. The normalized spacial score (nSPS) is 15.7. The lowest BCUT2D eigenvalue weighted by molar-refractivity contribution is 0.0162. The first-order valence-corrected chi connectivity index (χ1v) is 9.51. The van der Waals surface area contributed by atoms with E-state index >= 15 is 0 Å². The Morgan fingerprint density at radius 1 is 1.11 bits per heavy atom. The van der Waals surface area contributed by atoms with Crippen molar-refractivity contribution < 1.29 is 19.0 Å². The number of nitrogens with zero attached hydrogens (tertiary/aromatic N) is 1. The Bertz CT molecular complexity index is 781. The number of ether oxygens (including phenoxy) is 3. The van der Waals surface area contributed by atoms with Crippen molar-refractivity contribution in [1.82, 2.24) is 10.2 Å². The highest BCUT2D eigenvalue weighted by Crippen LogP contribution is 2.28. The van der Waals surface area contributed by atoms with Crippen LogP contribution in [0.3, 0.4) is 0 Å². The molecule has 0 radical (unpaired) electrons. The second-order valence-corrected chi connectivity index (χ2v) is 6.83. The molecule has 6 nitrogen and oxygen atoms in total. The van der Waals surface area contributed by atoms with Gasteiger partial charge in [0.15, 0.2) is 0 Å². The molecule has 1 heterocycles. The Morgan fingerprint density at radius 2 is 1.75 bits per heavy atom. The topological polar surface area (TPSA) is 60.0 Å². The minimum Gasteiger partial charge on any atom is -0.496 e. The van der Waals surface area contributed by atoms with Crippen LogP contribution in [0.1, 0.15) is 27.5 Å². The molecule has 0 spiro atoms. The fraction of sp³-hybridized carbons (Fsp3) is 0.409. The second-order valence-electron chi connectivity index (χ2n) is 6.83. The number of aryl methyl sites for hydroxylation is 1. The van der Waals surface area contributed by atoms with Gasteiger partial charge in [0.1, 0.15) is 17.1 Å². The van der Waals surface area contributed by atoms with E-state index in [9.17, 15) is 4.79 Å². The van der Waals surface area contributed by atoms with E-state index in [4.69, 9.17) is 14.2 Å². The van der Waals surface area contributed by atoms with Crippen molar-refractivity contribution in [3.63, 3.8) is 0 Å². The first kappa shape index (κ1) is 20.2. The van der Waals surface area contributed by atoms with Crippen LogP contribution in [0.5, 0.6) is 11.5 Å². The molecule has 0 saturated carbocycles. The molecular weight excluding hydrogens is 356 g/mol. The summed E-state index contributed by atoms with van der Waals surface area (Å²) in [5, 5.41) is 3.08. The Balaban J connectivity index is 1.81. The molecule has 6 heteroatoms. The lowest BCUT2D eigenvalue weighted by Gasteiger charge is -2.35. The van der Waals surface area contributed by atoms with E-state index in [2.05, 4.69) is 41.4 Å². The largest absolute Gasteiger partial charge is 0.496 e. The van der Waals surface area contributed by atoms with Gasteiger partial charge in [-0.15, -0.1) is 0 Å². The molecule has 0 bridgehead atoms. The number of amides is 1. The van der Waals surface area contributed by atoms with Gasteiger partial charge in [0, 0.05) is 19.6 Å². The van der Waals surface area contributed by atoms with Crippen molar-refractivity contribution in [2.24, 2.45) is 0 Å². The molecule has 1 fully saturated rings. The molecule has 2 aromatic rings. The number of carbonyl (C=O) groups excluding carboxylic acids is 1. The molecule has 1 unspecified atom stereocenters. The Kier molecular flexibility index (Phi) is 6.90. The van der Waals surface area contributed by atoms with E-state index in [-0.39, 0.29) is 11.9 Å². The minimum absolute atomic E-state index is 0.0773. The number of methoxy groups -OCH3 is 2. The summed E-state index contributed by atoms with van der Waals surface area (Å²) in [4.78, 5) is 15.3. The summed E-state index contributed by atoms with van der Waals surface area (Å²) < 4.78 is 16.2. The zero-order valence-corrected chi connectivity index (χ0v) is 16.7. The maximum absolute atomic E-state index is 13.0. The summed E-state index contributed by atoms with van der Waals surface area (Å²) in [5.74, 6) is 0.783. The highest BCUT2D eigenvalue weighted by Gasteiger charge is 2.25. The predicted molar refractivity (Wildman–Crippen MR) is 108 cm³/mol. The monoisotopic (exact) mass is 384 g/mol. The van der Waals surface area contributed by atoms with Crippen LogP contribution in [-0.2, 0) is 4.74 Å². The number of hydrogen-bond acceptors (Lipinski definition) is 5. The smallest absolute Gasteiger partial charge is 0.258 e. The maximum Gasteiger partial charge on any atom is 0.258 e. The molecule has 1 aliphatic heterocycles. The summed E-state index contributed by atoms with van der Waals surface area (Å²) in [7, 11) is 3.10. The fourth-order valence-corrected chi connectivity index (χ4v) is 3.58. The molecule has 1 aliphatic rings. The van der Waals surface area contributed by atoms with Crippen molar-refractivity contribution in [3.05, 3.63) is 59.2 Å². The van der Waals surface area contributed by atoms with Crippen LogP contribution in [0.2, 0.25) is 0 Å². The van der Waals surface area contributed by atoms with Gasteiger partial charge in [-0.25, -0.2) is 0 Å². The molecule has 150 valence electrons. The number of rotatable bonds is 7. The molecule has 1 amide bonds. The van der Waals surface area contributed by atoms with Crippen molar-refractivity contribution in [3.8, 4) is 11.5 Å². The van der Waals surface area contributed by atoms with Gasteiger partial charge in [-0.05, 0) is 24.6 Å². The SMILES string of the molecule is COc1cccc(OC)c1C(=O)NCC(c1cccc(C)c1)N1CCOCC1. The van der Waals surface area contributed by atoms with Crippen molar-refractivity contribution in [1.29, 1.82) is 0 Å². The zero-order chi connectivity index (χ0) is 19.9. The Morgan fingerprint density at radius 3 is 2.36 bits per heavy atom. The van der Waals surface area contributed by atoms with E-state index in [1.165, 1.54) is 11.1 Å². The average molecular weight is 384 g/mol. The lowest BCUT2D eigenvalue weighted by Crippen LogP contribution is -2.43. The number of hydrogen-bond donors (Lipinski definition) is 1. The lowest BCUT2D eigenvalue weighted by atomic mass is 10.0. The van der Waals surface area contributed by atoms with Gasteiger partial charge < -0.3 is 19.5 Å². The summed E-state index contributed by atoms with van der Waals surface area (Å²) >= 11 is 0. The molecule has 0 aliphatic carbocycles. The molecule has 1 N–H and O–H groups in total. The van der Waals surface area contributed by atoms with Crippen LogP contribution < -0.4 is 14.8 Å². The fourth-order valence-electron chi connectivity index (χ4n) is 3.58.